The van der Waals surface area contributed by atoms with Gasteiger partial charge in [-0.2, -0.15) is 0 Å². The van der Waals surface area contributed by atoms with E-state index in [4.69, 9.17) is 9.47 Å². The summed E-state index contributed by atoms with van der Waals surface area (Å²) in [5.41, 5.74) is 3.91. The predicted molar refractivity (Wildman–Crippen MR) is 99.7 cm³/mol. The molecule has 0 bridgehead atoms. The SMILES string of the molecule is COc1ccc(C)cc1N1C[C@H](C(=O)Oc2ccc(C)c(C)c2)CC1=O. The zero-order valence-electron chi connectivity index (χ0n) is 15.5. The van der Waals surface area contributed by atoms with Crippen LogP contribution < -0.4 is 14.4 Å². The summed E-state index contributed by atoms with van der Waals surface area (Å²) in [7, 11) is 1.57. The van der Waals surface area contributed by atoms with E-state index in [0.29, 0.717) is 23.7 Å². The van der Waals surface area contributed by atoms with Gasteiger partial charge in [0.2, 0.25) is 5.91 Å². The number of carbonyl (C=O) groups is 2. The smallest absolute Gasteiger partial charge is 0.316 e. The molecule has 1 atom stereocenters. The van der Waals surface area contributed by atoms with Gasteiger partial charge in [-0.25, -0.2) is 0 Å². The number of anilines is 1. The van der Waals surface area contributed by atoms with Crippen LogP contribution in [0.2, 0.25) is 0 Å². The van der Waals surface area contributed by atoms with E-state index < -0.39 is 5.92 Å². The van der Waals surface area contributed by atoms with Crippen molar-refractivity contribution in [2.45, 2.75) is 27.2 Å². The van der Waals surface area contributed by atoms with E-state index in [9.17, 15) is 9.59 Å². The van der Waals surface area contributed by atoms with Crippen LogP contribution in [0.5, 0.6) is 11.5 Å². The fourth-order valence-corrected chi connectivity index (χ4v) is 3.09. The number of aryl methyl sites for hydroxylation is 3. The van der Waals surface area contributed by atoms with Crippen LogP contribution in [0.25, 0.3) is 0 Å². The molecule has 1 heterocycles. The van der Waals surface area contributed by atoms with Gasteiger partial charge in [0.25, 0.3) is 0 Å². The average Bonchev–Trinajstić information content (AvgIpc) is 3.00. The summed E-state index contributed by atoms with van der Waals surface area (Å²) >= 11 is 0. The van der Waals surface area contributed by atoms with Gasteiger partial charge in [0.05, 0.1) is 18.7 Å². The van der Waals surface area contributed by atoms with E-state index in [-0.39, 0.29) is 18.3 Å². The zero-order chi connectivity index (χ0) is 18.8. The van der Waals surface area contributed by atoms with E-state index in [2.05, 4.69) is 0 Å². The summed E-state index contributed by atoms with van der Waals surface area (Å²) in [6.45, 7) is 6.22. The van der Waals surface area contributed by atoms with Gasteiger partial charge in [-0.05, 0) is 61.7 Å². The Morgan fingerprint density at radius 2 is 1.85 bits per heavy atom. The fraction of sp³-hybridized carbons (Fsp3) is 0.333. The van der Waals surface area contributed by atoms with Gasteiger partial charge in [0.1, 0.15) is 11.5 Å². The first-order valence-corrected chi connectivity index (χ1v) is 8.63. The fourth-order valence-electron chi connectivity index (χ4n) is 3.09. The second-order valence-electron chi connectivity index (χ2n) is 6.75. The lowest BCUT2D eigenvalue weighted by Gasteiger charge is -2.20. The van der Waals surface area contributed by atoms with Crippen LogP contribution in [0, 0.1) is 26.7 Å². The van der Waals surface area contributed by atoms with Crippen molar-refractivity contribution < 1.29 is 19.1 Å². The highest BCUT2D eigenvalue weighted by molar-refractivity contribution is 6.00. The molecule has 2 aromatic rings. The lowest BCUT2D eigenvalue weighted by Crippen LogP contribution is -2.27. The quantitative estimate of drug-likeness (QED) is 0.623. The normalized spacial score (nSPS) is 16.7. The third-order valence-electron chi connectivity index (χ3n) is 4.78. The van der Waals surface area contributed by atoms with Crippen molar-refractivity contribution in [1.82, 2.24) is 0 Å². The summed E-state index contributed by atoms with van der Waals surface area (Å²) in [5.74, 6) is 0.158. The van der Waals surface area contributed by atoms with Crippen molar-refractivity contribution in [2.75, 3.05) is 18.6 Å². The highest BCUT2D eigenvalue weighted by Crippen LogP contribution is 2.34. The van der Waals surface area contributed by atoms with Gasteiger partial charge < -0.3 is 14.4 Å². The number of carbonyl (C=O) groups excluding carboxylic acids is 2. The monoisotopic (exact) mass is 353 g/mol. The van der Waals surface area contributed by atoms with Crippen LogP contribution in [0.3, 0.4) is 0 Å². The Morgan fingerprint density at radius 1 is 1.08 bits per heavy atom. The molecule has 0 aliphatic carbocycles. The van der Waals surface area contributed by atoms with Crippen LogP contribution in [-0.2, 0) is 9.59 Å². The molecule has 2 aromatic carbocycles. The molecule has 0 aromatic heterocycles. The van der Waals surface area contributed by atoms with E-state index in [1.54, 1.807) is 18.1 Å². The van der Waals surface area contributed by atoms with Crippen molar-refractivity contribution in [2.24, 2.45) is 5.92 Å². The molecule has 5 heteroatoms. The highest BCUT2D eigenvalue weighted by Gasteiger charge is 2.37. The molecule has 0 spiro atoms. The van der Waals surface area contributed by atoms with Gasteiger partial charge >= 0.3 is 5.97 Å². The molecule has 5 nitrogen and oxygen atoms in total. The van der Waals surface area contributed by atoms with Crippen molar-refractivity contribution in [3.8, 4) is 11.5 Å². The Balaban J connectivity index is 1.76. The van der Waals surface area contributed by atoms with Gasteiger partial charge in [-0.15, -0.1) is 0 Å². The van der Waals surface area contributed by atoms with Crippen molar-refractivity contribution in [3.05, 3.63) is 53.1 Å². The lowest BCUT2D eigenvalue weighted by atomic mass is 10.1. The number of amides is 1. The molecule has 26 heavy (non-hydrogen) atoms. The van der Waals surface area contributed by atoms with Crippen LogP contribution in [-0.4, -0.2) is 25.5 Å². The molecular weight excluding hydrogens is 330 g/mol. The number of hydrogen-bond donors (Lipinski definition) is 0. The van der Waals surface area contributed by atoms with E-state index in [0.717, 1.165) is 16.7 Å². The number of rotatable bonds is 4. The standard InChI is InChI=1S/C21H23NO4/c1-13-5-8-19(25-4)18(9-13)22-12-16(11-20(22)23)21(24)26-17-7-6-14(2)15(3)10-17/h5-10,16H,11-12H2,1-4H3/t16-/m1/s1. The van der Waals surface area contributed by atoms with Crippen LogP contribution in [0.1, 0.15) is 23.1 Å². The minimum atomic E-state index is -0.491. The molecule has 136 valence electrons. The van der Waals surface area contributed by atoms with Crippen LogP contribution in [0.4, 0.5) is 5.69 Å². The molecule has 1 aliphatic heterocycles. The Labute approximate surface area is 153 Å². The Bertz CT molecular complexity index is 859. The number of ether oxygens (including phenoxy) is 2. The van der Waals surface area contributed by atoms with Crippen molar-refractivity contribution in [1.29, 1.82) is 0 Å². The number of benzene rings is 2. The first-order chi connectivity index (χ1) is 12.4. The summed E-state index contributed by atoms with van der Waals surface area (Å²) in [4.78, 5) is 26.6. The maximum absolute atomic E-state index is 12.5. The third-order valence-corrected chi connectivity index (χ3v) is 4.78. The Hall–Kier alpha value is -2.82. The molecule has 1 fully saturated rings. The largest absolute Gasteiger partial charge is 0.495 e. The Morgan fingerprint density at radius 3 is 2.54 bits per heavy atom. The molecule has 0 N–H and O–H groups in total. The zero-order valence-corrected chi connectivity index (χ0v) is 15.5. The van der Waals surface area contributed by atoms with E-state index >= 15 is 0 Å². The highest BCUT2D eigenvalue weighted by atomic mass is 16.5. The first-order valence-electron chi connectivity index (χ1n) is 8.63. The summed E-state index contributed by atoms with van der Waals surface area (Å²) in [6, 6.07) is 11.2. The number of hydrogen-bond acceptors (Lipinski definition) is 4. The van der Waals surface area contributed by atoms with Gasteiger partial charge in [-0.1, -0.05) is 12.1 Å². The maximum Gasteiger partial charge on any atom is 0.316 e. The molecule has 1 amide bonds. The molecule has 0 saturated carbocycles. The minimum Gasteiger partial charge on any atom is -0.495 e. The van der Waals surface area contributed by atoms with Crippen LogP contribution >= 0.6 is 0 Å². The second kappa shape index (κ2) is 7.20. The topological polar surface area (TPSA) is 55.8 Å². The van der Waals surface area contributed by atoms with Crippen molar-refractivity contribution >= 4 is 17.6 Å². The molecular formula is C21H23NO4. The summed E-state index contributed by atoms with van der Waals surface area (Å²) in [5, 5.41) is 0. The number of methoxy groups -OCH3 is 1. The molecule has 1 aliphatic rings. The second-order valence-corrected chi connectivity index (χ2v) is 6.75. The first kappa shape index (κ1) is 18.0. The maximum atomic E-state index is 12.5. The van der Waals surface area contributed by atoms with E-state index in [1.807, 2.05) is 51.1 Å². The Kier molecular flexibility index (Phi) is 4.98. The molecule has 0 radical (unpaired) electrons. The van der Waals surface area contributed by atoms with Crippen LogP contribution in [0.15, 0.2) is 36.4 Å². The van der Waals surface area contributed by atoms with Crippen molar-refractivity contribution in [3.63, 3.8) is 0 Å². The molecule has 0 unspecified atom stereocenters. The summed E-state index contributed by atoms with van der Waals surface area (Å²) < 4.78 is 10.9. The minimum absolute atomic E-state index is 0.101. The van der Waals surface area contributed by atoms with Gasteiger partial charge in [0, 0.05) is 13.0 Å². The van der Waals surface area contributed by atoms with Gasteiger partial charge in [-0.3, -0.25) is 9.59 Å². The third kappa shape index (κ3) is 3.57. The number of nitrogens with zero attached hydrogens (tertiary/aromatic N) is 1. The average molecular weight is 353 g/mol. The number of esters is 1. The van der Waals surface area contributed by atoms with Gasteiger partial charge in [0.15, 0.2) is 0 Å². The summed E-state index contributed by atoms with van der Waals surface area (Å²) in [6.07, 6.45) is 0.140. The predicted octanol–water partition coefficient (Wildman–Crippen LogP) is 3.58. The molecule has 3 rings (SSSR count). The lowest BCUT2D eigenvalue weighted by molar-refractivity contribution is -0.139. The molecule has 1 saturated heterocycles. The van der Waals surface area contributed by atoms with E-state index in [1.165, 1.54) is 0 Å².